The van der Waals surface area contributed by atoms with Gasteiger partial charge in [0.25, 0.3) is 0 Å². The number of likely N-dealkylation sites (N-methyl/N-ethyl adjacent to an activating group) is 2. The molecule has 0 radical (unpaired) electrons. The van der Waals surface area contributed by atoms with Crippen molar-refractivity contribution in [3.05, 3.63) is 35.9 Å². The highest BCUT2D eigenvalue weighted by molar-refractivity contribution is 5.87. The summed E-state index contributed by atoms with van der Waals surface area (Å²) < 4.78 is 0. The van der Waals surface area contributed by atoms with Gasteiger partial charge >= 0.3 is 0 Å². The first-order chi connectivity index (χ1) is 10.1. The number of nitrogens with one attached hydrogen (secondary N) is 1. The molecule has 1 aromatic rings. The van der Waals surface area contributed by atoms with Gasteiger partial charge in [-0.2, -0.15) is 5.26 Å². The van der Waals surface area contributed by atoms with Crippen LogP contribution in [0.4, 0.5) is 0 Å². The van der Waals surface area contributed by atoms with Gasteiger partial charge < -0.3 is 10.2 Å². The third-order valence-electron chi connectivity index (χ3n) is 3.14. The summed E-state index contributed by atoms with van der Waals surface area (Å²) in [7, 11) is 0. The van der Waals surface area contributed by atoms with Crippen LogP contribution in [0.5, 0.6) is 0 Å². The number of carbonyl (C=O) groups is 2. The molecule has 0 heterocycles. The molecule has 1 atom stereocenters. The summed E-state index contributed by atoms with van der Waals surface area (Å²) in [5, 5.41) is 11.9. The van der Waals surface area contributed by atoms with E-state index in [2.05, 4.69) is 5.32 Å². The fraction of sp³-hybridized carbons (Fsp3) is 0.438. The first-order valence-corrected chi connectivity index (χ1v) is 7.11. The quantitative estimate of drug-likeness (QED) is 0.822. The monoisotopic (exact) mass is 287 g/mol. The van der Waals surface area contributed by atoms with Crippen LogP contribution in [-0.2, 0) is 16.0 Å². The predicted octanol–water partition coefficient (Wildman–Crippen LogP) is 1.35. The van der Waals surface area contributed by atoms with Crippen molar-refractivity contribution in [3.63, 3.8) is 0 Å². The second-order valence-corrected chi connectivity index (χ2v) is 4.68. The van der Waals surface area contributed by atoms with Crippen LogP contribution in [-0.4, -0.2) is 36.3 Å². The van der Waals surface area contributed by atoms with Crippen LogP contribution in [0.2, 0.25) is 0 Å². The highest BCUT2D eigenvalue weighted by Gasteiger charge is 2.24. The van der Waals surface area contributed by atoms with Gasteiger partial charge in [-0.05, 0) is 25.8 Å². The Morgan fingerprint density at radius 1 is 1.29 bits per heavy atom. The van der Waals surface area contributed by atoms with Gasteiger partial charge in [0.2, 0.25) is 11.8 Å². The highest BCUT2D eigenvalue weighted by Crippen LogP contribution is 2.11. The van der Waals surface area contributed by atoms with Crippen molar-refractivity contribution >= 4 is 11.8 Å². The summed E-state index contributed by atoms with van der Waals surface area (Å²) >= 11 is 0. The zero-order chi connectivity index (χ0) is 15.7. The lowest BCUT2D eigenvalue weighted by Gasteiger charge is -2.22. The molecule has 1 aromatic carbocycles. The fourth-order valence-electron chi connectivity index (χ4n) is 2.03. The van der Waals surface area contributed by atoms with E-state index in [0.29, 0.717) is 19.5 Å². The molecule has 0 aliphatic rings. The Kier molecular flexibility index (Phi) is 6.96. The van der Waals surface area contributed by atoms with Gasteiger partial charge in [0.1, 0.15) is 5.92 Å². The van der Waals surface area contributed by atoms with Gasteiger partial charge in [-0.3, -0.25) is 9.59 Å². The molecule has 21 heavy (non-hydrogen) atoms. The first-order valence-electron chi connectivity index (χ1n) is 7.11. The molecule has 112 valence electrons. The minimum absolute atomic E-state index is 0.00383. The SMILES string of the molecule is CCNC(=O)CN(CC)C(=O)C(C#N)Cc1ccccc1. The lowest BCUT2D eigenvalue weighted by molar-refractivity contribution is -0.137. The Morgan fingerprint density at radius 3 is 2.48 bits per heavy atom. The van der Waals surface area contributed by atoms with Crippen LogP contribution in [0.15, 0.2) is 30.3 Å². The zero-order valence-corrected chi connectivity index (χ0v) is 12.5. The van der Waals surface area contributed by atoms with Crippen molar-refractivity contribution in [1.29, 1.82) is 5.26 Å². The van der Waals surface area contributed by atoms with Crippen molar-refractivity contribution in [1.82, 2.24) is 10.2 Å². The minimum Gasteiger partial charge on any atom is -0.355 e. The van der Waals surface area contributed by atoms with E-state index in [1.165, 1.54) is 4.90 Å². The first kappa shape index (κ1) is 16.7. The molecule has 0 aromatic heterocycles. The molecule has 2 amide bonds. The molecule has 0 fully saturated rings. The topological polar surface area (TPSA) is 73.2 Å². The average Bonchev–Trinajstić information content (AvgIpc) is 2.51. The molecular weight excluding hydrogens is 266 g/mol. The summed E-state index contributed by atoms with van der Waals surface area (Å²) in [4.78, 5) is 25.4. The zero-order valence-electron chi connectivity index (χ0n) is 12.5. The molecule has 5 heteroatoms. The lowest BCUT2D eigenvalue weighted by atomic mass is 9.99. The van der Waals surface area contributed by atoms with Crippen LogP contribution in [0.3, 0.4) is 0 Å². The number of amides is 2. The molecular formula is C16H21N3O2. The van der Waals surface area contributed by atoms with Gasteiger partial charge in [0.05, 0.1) is 12.6 Å². The number of hydrogen-bond donors (Lipinski definition) is 1. The molecule has 1 rings (SSSR count). The summed E-state index contributed by atoms with van der Waals surface area (Å²) in [6, 6.07) is 11.5. The molecule has 0 aliphatic carbocycles. The van der Waals surface area contributed by atoms with Gasteiger partial charge in [-0.1, -0.05) is 30.3 Å². The maximum Gasteiger partial charge on any atom is 0.240 e. The maximum atomic E-state index is 12.4. The number of nitrogens with zero attached hydrogens (tertiary/aromatic N) is 2. The number of benzene rings is 1. The molecule has 0 spiro atoms. The number of rotatable bonds is 7. The van der Waals surface area contributed by atoms with Crippen molar-refractivity contribution < 1.29 is 9.59 Å². The normalized spacial score (nSPS) is 11.3. The molecule has 1 unspecified atom stereocenters. The third kappa shape index (κ3) is 5.27. The van der Waals surface area contributed by atoms with Gasteiger partial charge in [-0.15, -0.1) is 0 Å². The van der Waals surface area contributed by atoms with Crippen molar-refractivity contribution in [2.45, 2.75) is 20.3 Å². The van der Waals surface area contributed by atoms with Crippen molar-refractivity contribution in [3.8, 4) is 6.07 Å². The largest absolute Gasteiger partial charge is 0.355 e. The third-order valence-corrected chi connectivity index (χ3v) is 3.14. The summed E-state index contributed by atoms with van der Waals surface area (Å²) in [6.07, 6.45) is 0.363. The lowest BCUT2D eigenvalue weighted by Crippen LogP contribution is -2.43. The van der Waals surface area contributed by atoms with E-state index < -0.39 is 5.92 Å². The summed E-state index contributed by atoms with van der Waals surface area (Å²) in [5.41, 5.74) is 0.937. The summed E-state index contributed by atoms with van der Waals surface area (Å²) in [6.45, 7) is 4.55. The standard InChI is InChI=1S/C16H21N3O2/c1-3-18-15(20)12-19(4-2)16(21)14(11-17)10-13-8-6-5-7-9-13/h5-9,14H,3-4,10,12H2,1-2H3,(H,18,20). The highest BCUT2D eigenvalue weighted by atomic mass is 16.2. The molecule has 0 saturated carbocycles. The molecule has 0 bridgehead atoms. The Bertz CT molecular complexity index is 508. The predicted molar refractivity (Wildman–Crippen MR) is 80.2 cm³/mol. The van der Waals surface area contributed by atoms with Gasteiger partial charge in [0.15, 0.2) is 0 Å². The van der Waals surface area contributed by atoms with E-state index in [1.807, 2.05) is 43.3 Å². The number of hydrogen-bond acceptors (Lipinski definition) is 3. The van der Waals surface area contributed by atoms with E-state index >= 15 is 0 Å². The van der Waals surface area contributed by atoms with Gasteiger partial charge in [0, 0.05) is 13.1 Å². The van der Waals surface area contributed by atoms with E-state index in [1.54, 1.807) is 6.92 Å². The number of carbonyl (C=O) groups excluding carboxylic acids is 2. The smallest absolute Gasteiger partial charge is 0.240 e. The Hall–Kier alpha value is -2.35. The van der Waals surface area contributed by atoms with Gasteiger partial charge in [-0.25, -0.2) is 0 Å². The van der Waals surface area contributed by atoms with Crippen molar-refractivity contribution in [2.24, 2.45) is 5.92 Å². The molecule has 0 saturated heterocycles. The fourth-order valence-corrected chi connectivity index (χ4v) is 2.03. The Labute approximate surface area is 125 Å². The minimum atomic E-state index is -0.762. The van der Waals surface area contributed by atoms with Crippen molar-refractivity contribution in [2.75, 3.05) is 19.6 Å². The van der Waals surface area contributed by atoms with E-state index in [0.717, 1.165) is 5.56 Å². The molecule has 1 N–H and O–H groups in total. The molecule has 0 aliphatic heterocycles. The van der Waals surface area contributed by atoms with E-state index in [9.17, 15) is 14.9 Å². The van der Waals surface area contributed by atoms with E-state index in [4.69, 9.17) is 0 Å². The van der Waals surface area contributed by atoms with Crippen LogP contribution in [0, 0.1) is 17.2 Å². The Morgan fingerprint density at radius 2 is 1.95 bits per heavy atom. The Balaban J connectivity index is 2.72. The second kappa shape index (κ2) is 8.75. The van der Waals surface area contributed by atoms with Crippen LogP contribution in [0.25, 0.3) is 0 Å². The van der Waals surface area contributed by atoms with Crippen LogP contribution >= 0.6 is 0 Å². The second-order valence-electron chi connectivity index (χ2n) is 4.68. The summed E-state index contributed by atoms with van der Waals surface area (Å²) in [5.74, 6) is -1.26. The van der Waals surface area contributed by atoms with Crippen LogP contribution in [0.1, 0.15) is 19.4 Å². The maximum absolute atomic E-state index is 12.4. The van der Waals surface area contributed by atoms with E-state index in [-0.39, 0.29) is 18.4 Å². The number of nitriles is 1. The molecule has 5 nitrogen and oxygen atoms in total. The van der Waals surface area contributed by atoms with Crippen LogP contribution < -0.4 is 5.32 Å². The average molecular weight is 287 g/mol.